The Morgan fingerprint density at radius 2 is 1.61 bits per heavy atom. The van der Waals surface area contributed by atoms with Crippen LogP contribution in [-0.2, 0) is 19.2 Å². The van der Waals surface area contributed by atoms with Crippen molar-refractivity contribution < 1.29 is 29.4 Å². The van der Waals surface area contributed by atoms with E-state index in [4.69, 9.17) is 15.9 Å². The van der Waals surface area contributed by atoms with Crippen LogP contribution in [0.2, 0.25) is 0 Å². The fourth-order valence-corrected chi connectivity index (χ4v) is 1.69. The van der Waals surface area contributed by atoms with Crippen LogP contribution in [0.25, 0.3) is 0 Å². The van der Waals surface area contributed by atoms with Gasteiger partial charge in [0.2, 0.25) is 11.8 Å². The molecule has 0 rings (SSSR count). The molecular weight excluding hydrogens is 306 g/mol. The molecule has 6 N–H and O–H groups in total. The molecule has 2 amide bonds. The Hall–Kier alpha value is -2.16. The van der Waals surface area contributed by atoms with Crippen molar-refractivity contribution in [3.63, 3.8) is 0 Å². The summed E-state index contributed by atoms with van der Waals surface area (Å²) in [6.45, 7) is 4.91. The van der Waals surface area contributed by atoms with Crippen molar-refractivity contribution in [3.8, 4) is 0 Å². The van der Waals surface area contributed by atoms with E-state index in [0.29, 0.717) is 6.42 Å². The number of nitrogens with two attached hydrogens (primary N) is 1. The van der Waals surface area contributed by atoms with E-state index >= 15 is 0 Å². The smallest absolute Gasteiger partial charge is 0.325 e. The Bertz CT molecular complexity index is 454. The summed E-state index contributed by atoms with van der Waals surface area (Å²) in [7, 11) is 0. The number of amides is 2. The van der Waals surface area contributed by atoms with Crippen LogP contribution in [0.5, 0.6) is 0 Å². The number of nitrogens with one attached hydrogen (secondary N) is 2. The number of rotatable bonds is 10. The first-order valence-corrected chi connectivity index (χ1v) is 7.41. The maximum Gasteiger partial charge on any atom is 0.325 e. The molecule has 0 aromatic heterocycles. The van der Waals surface area contributed by atoms with Crippen molar-refractivity contribution in [2.75, 3.05) is 0 Å². The first-order chi connectivity index (χ1) is 10.6. The third kappa shape index (κ3) is 7.59. The van der Waals surface area contributed by atoms with E-state index in [2.05, 4.69) is 10.6 Å². The zero-order valence-electron chi connectivity index (χ0n) is 13.5. The highest BCUT2D eigenvalue weighted by Crippen LogP contribution is 2.07. The third-order valence-corrected chi connectivity index (χ3v) is 3.57. The predicted molar refractivity (Wildman–Crippen MR) is 81.5 cm³/mol. The van der Waals surface area contributed by atoms with Gasteiger partial charge in [-0.05, 0) is 19.3 Å². The monoisotopic (exact) mass is 331 g/mol. The van der Waals surface area contributed by atoms with Crippen LogP contribution in [0, 0.1) is 5.92 Å². The molecule has 132 valence electrons. The third-order valence-electron chi connectivity index (χ3n) is 3.57. The van der Waals surface area contributed by atoms with Crippen LogP contribution in [0.1, 0.15) is 40.0 Å². The topological polar surface area (TPSA) is 159 Å². The lowest BCUT2D eigenvalue weighted by molar-refractivity contribution is -0.142. The van der Waals surface area contributed by atoms with E-state index in [1.54, 1.807) is 6.92 Å². The molecule has 9 heteroatoms. The highest BCUT2D eigenvalue weighted by molar-refractivity contribution is 5.92. The Balaban J connectivity index is 4.92. The number of hydrogen-bond acceptors (Lipinski definition) is 5. The SMILES string of the molecule is CC[C@H](C)[C@H](N)C(=O)N[C@@H](CCC(=O)O)C(=O)N[C@@H](C)C(=O)O. The van der Waals surface area contributed by atoms with Crippen molar-refractivity contribution >= 4 is 23.8 Å². The number of carboxylic acids is 2. The molecule has 4 atom stereocenters. The van der Waals surface area contributed by atoms with Crippen molar-refractivity contribution in [3.05, 3.63) is 0 Å². The summed E-state index contributed by atoms with van der Waals surface area (Å²) >= 11 is 0. The molecule has 0 unspecified atom stereocenters. The van der Waals surface area contributed by atoms with Gasteiger partial charge in [-0.15, -0.1) is 0 Å². The molecule has 0 aromatic rings. The van der Waals surface area contributed by atoms with E-state index in [-0.39, 0.29) is 18.8 Å². The quantitative estimate of drug-likeness (QED) is 0.354. The van der Waals surface area contributed by atoms with Crippen molar-refractivity contribution in [1.29, 1.82) is 0 Å². The standard InChI is InChI=1S/C14H25N3O6/c1-4-7(2)11(15)13(21)17-9(5-6-10(18)19)12(20)16-8(3)14(22)23/h7-9,11H,4-6,15H2,1-3H3,(H,16,20)(H,17,21)(H,18,19)(H,22,23)/t7-,8-,9-,11-/m0/s1. The van der Waals surface area contributed by atoms with Crippen LogP contribution < -0.4 is 16.4 Å². The molecule has 9 nitrogen and oxygen atoms in total. The van der Waals surface area contributed by atoms with Crippen LogP contribution in [0.15, 0.2) is 0 Å². The van der Waals surface area contributed by atoms with Gasteiger partial charge in [0.05, 0.1) is 6.04 Å². The second kappa shape index (κ2) is 9.78. The van der Waals surface area contributed by atoms with Gasteiger partial charge < -0.3 is 26.6 Å². The zero-order valence-corrected chi connectivity index (χ0v) is 13.5. The van der Waals surface area contributed by atoms with E-state index in [0.717, 1.165) is 0 Å². The molecule has 23 heavy (non-hydrogen) atoms. The molecular formula is C14H25N3O6. The summed E-state index contributed by atoms with van der Waals surface area (Å²) in [6, 6.07) is -3.15. The molecule has 0 bridgehead atoms. The molecule has 0 saturated carbocycles. The van der Waals surface area contributed by atoms with Crippen molar-refractivity contribution in [2.45, 2.75) is 58.2 Å². The van der Waals surface area contributed by atoms with Gasteiger partial charge in [0, 0.05) is 6.42 Å². The summed E-state index contributed by atoms with van der Waals surface area (Å²) in [5.41, 5.74) is 5.77. The summed E-state index contributed by atoms with van der Waals surface area (Å²) < 4.78 is 0. The fraction of sp³-hybridized carbons (Fsp3) is 0.714. The second-order valence-corrected chi connectivity index (χ2v) is 5.47. The summed E-state index contributed by atoms with van der Waals surface area (Å²) in [6.07, 6.45) is 0.154. The van der Waals surface area contributed by atoms with Gasteiger partial charge in [-0.1, -0.05) is 20.3 Å². The van der Waals surface area contributed by atoms with Crippen LogP contribution in [0.4, 0.5) is 0 Å². The molecule has 0 radical (unpaired) electrons. The molecule has 0 aliphatic carbocycles. The average molecular weight is 331 g/mol. The first kappa shape index (κ1) is 20.8. The first-order valence-electron chi connectivity index (χ1n) is 7.41. The minimum absolute atomic E-state index is 0.115. The van der Waals surface area contributed by atoms with Crippen molar-refractivity contribution in [1.82, 2.24) is 10.6 Å². The van der Waals surface area contributed by atoms with E-state index < -0.39 is 41.9 Å². The minimum atomic E-state index is -1.24. The van der Waals surface area contributed by atoms with Gasteiger partial charge in [-0.2, -0.15) is 0 Å². The highest BCUT2D eigenvalue weighted by atomic mass is 16.4. The number of hydrogen-bond donors (Lipinski definition) is 5. The van der Waals surface area contributed by atoms with E-state index in [9.17, 15) is 19.2 Å². The van der Waals surface area contributed by atoms with Gasteiger partial charge >= 0.3 is 11.9 Å². The molecule has 0 spiro atoms. The largest absolute Gasteiger partial charge is 0.481 e. The predicted octanol–water partition coefficient (Wildman–Crippen LogP) is -0.701. The van der Waals surface area contributed by atoms with E-state index in [1.807, 2.05) is 6.92 Å². The van der Waals surface area contributed by atoms with Crippen LogP contribution in [-0.4, -0.2) is 52.1 Å². The van der Waals surface area contributed by atoms with Gasteiger partial charge in [0.15, 0.2) is 0 Å². The Morgan fingerprint density at radius 3 is 2.04 bits per heavy atom. The molecule has 0 heterocycles. The molecule has 0 aliphatic heterocycles. The highest BCUT2D eigenvalue weighted by Gasteiger charge is 2.28. The molecule has 0 fully saturated rings. The molecule has 0 saturated heterocycles. The minimum Gasteiger partial charge on any atom is -0.481 e. The maximum atomic E-state index is 12.0. The Kier molecular flexibility index (Phi) is 8.86. The van der Waals surface area contributed by atoms with Gasteiger partial charge in [0.1, 0.15) is 12.1 Å². The second-order valence-electron chi connectivity index (χ2n) is 5.47. The van der Waals surface area contributed by atoms with Gasteiger partial charge in [-0.25, -0.2) is 0 Å². The van der Waals surface area contributed by atoms with Gasteiger partial charge in [-0.3, -0.25) is 19.2 Å². The average Bonchev–Trinajstić information content (AvgIpc) is 2.48. The lowest BCUT2D eigenvalue weighted by Gasteiger charge is -2.23. The number of carbonyl (C=O) groups excluding carboxylic acids is 2. The van der Waals surface area contributed by atoms with E-state index in [1.165, 1.54) is 6.92 Å². The van der Waals surface area contributed by atoms with Gasteiger partial charge in [0.25, 0.3) is 0 Å². The maximum absolute atomic E-state index is 12.0. The van der Waals surface area contributed by atoms with Crippen molar-refractivity contribution in [2.24, 2.45) is 11.7 Å². The number of carbonyl (C=O) groups is 4. The lowest BCUT2D eigenvalue weighted by atomic mass is 9.98. The Morgan fingerprint density at radius 1 is 1.04 bits per heavy atom. The summed E-state index contributed by atoms with van der Waals surface area (Å²) in [4.78, 5) is 45.5. The molecule has 0 aliphatic rings. The fourth-order valence-electron chi connectivity index (χ4n) is 1.69. The normalized spacial score (nSPS) is 15.8. The zero-order chi connectivity index (χ0) is 18.2. The molecule has 0 aromatic carbocycles. The Labute approximate surface area is 134 Å². The van der Waals surface area contributed by atoms with Crippen LogP contribution >= 0.6 is 0 Å². The van der Waals surface area contributed by atoms with Crippen LogP contribution in [0.3, 0.4) is 0 Å². The summed E-state index contributed by atoms with van der Waals surface area (Å²) in [5.74, 6) is -3.82. The lowest BCUT2D eigenvalue weighted by Crippen LogP contribution is -2.55. The summed E-state index contributed by atoms with van der Waals surface area (Å²) in [5, 5.41) is 22.1. The number of carboxylic acid groups (broad SMARTS) is 2. The number of aliphatic carboxylic acids is 2.